The summed E-state index contributed by atoms with van der Waals surface area (Å²) in [4.78, 5) is 10.6. The highest BCUT2D eigenvalue weighted by Gasteiger charge is 2.37. The molecule has 0 fully saturated rings. The number of carbonyl (C=O) groups excluding carboxylic acids is 1. The first-order chi connectivity index (χ1) is 9.41. The molecule has 0 bridgehead atoms. The standard InChI is InChI=1S/C12H12F6N2O/c1-6(20-5-10(19)21)7-2-8(11(13,14)15)4-9(3-7)12(16,17)18/h2-4,6,20H,5H2,1H3,(H2,19,21). The molecule has 0 radical (unpaired) electrons. The van der Waals surface area contributed by atoms with Crippen LogP contribution in [0.15, 0.2) is 18.2 Å². The number of alkyl halides is 6. The summed E-state index contributed by atoms with van der Waals surface area (Å²) in [5.74, 6) is -0.773. The lowest BCUT2D eigenvalue weighted by molar-refractivity contribution is -0.143. The highest BCUT2D eigenvalue weighted by atomic mass is 19.4. The number of primary amides is 1. The summed E-state index contributed by atoms with van der Waals surface area (Å²) in [5.41, 5.74) is 1.81. The lowest BCUT2D eigenvalue weighted by Crippen LogP contribution is -2.30. The van der Waals surface area contributed by atoms with Gasteiger partial charge >= 0.3 is 12.4 Å². The van der Waals surface area contributed by atoms with E-state index in [-0.39, 0.29) is 18.2 Å². The van der Waals surface area contributed by atoms with E-state index >= 15 is 0 Å². The Bertz CT molecular complexity index is 491. The van der Waals surface area contributed by atoms with Crippen LogP contribution in [0.5, 0.6) is 0 Å². The van der Waals surface area contributed by atoms with E-state index in [1.165, 1.54) is 6.92 Å². The van der Waals surface area contributed by atoms with Crippen LogP contribution in [0.4, 0.5) is 26.3 Å². The smallest absolute Gasteiger partial charge is 0.369 e. The van der Waals surface area contributed by atoms with Crippen molar-refractivity contribution in [1.29, 1.82) is 0 Å². The molecule has 1 rings (SSSR count). The molecule has 21 heavy (non-hydrogen) atoms. The summed E-state index contributed by atoms with van der Waals surface area (Å²) in [7, 11) is 0. The third kappa shape index (κ3) is 4.92. The molecular weight excluding hydrogens is 302 g/mol. The Labute approximate surface area is 116 Å². The maximum atomic E-state index is 12.7. The van der Waals surface area contributed by atoms with Crippen molar-refractivity contribution >= 4 is 5.91 Å². The summed E-state index contributed by atoms with van der Waals surface area (Å²) in [5, 5.41) is 2.45. The third-order valence-corrected chi connectivity index (χ3v) is 2.69. The number of benzene rings is 1. The van der Waals surface area contributed by atoms with Crippen LogP contribution in [0.1, 0.15) is 29.7 Å². The van der Waals surface area contributed by atoms with Gasteiger partial charge in [-0.3, -0.25) is 4.79 Å². The van der Waals surface area contributed by atoms with Crippen molar-refractivity contribution in [3.8, 4) is 0 Å². The number of amides is 1. The van der Waals surface area contributed by atoms with E-state index in [2.05, 4.69) is 5.32 Å². The van der Waals surface area contributed by atoms with Gasteiger partial charge in [-0.05, 0) is 30.7 Å². The first kappa shape index (κ1) is 17.3. The lowest BCUT2D eigenvalue weighted by atomic mass is 10.0. The fraction of sp³-hybridized carbons (Fsp3) is 0.417. The number of hydrogen-bond donors (Lipinski definition) is 2. The van der Waals surface area contributed by atoms with Crippen LogP contribution in [0, 0.1) is 0 Å². The third-order valence-electron chi connectivity index (χ3n) is 2.69. The average Bonchev–Trinajstić information content (AvgIpc) is 2.33. The molecule has 0 aliphatic rings. The molecule has 1 atom stereocenters. The Balaban J connectivity index is 3.22. The van der Waals surface area contributed by atoms with Gasteiger partial charge in [0.2, 0.25) is 5.91 Å². The highest BCUT2D eigenvalue weighted by molar-refractivity contribution is 5.75. The molecule has 0 heterocycles. The fourth-order valence-corrected chi connectivity index (χ4v) is 1.60. The predicted octanol–water partition coefficient (Wildman–Crippen LogP) is 2.86. The van der Waals surface area contributed by atoms with Gasteiger partial charge in [-0.25, -0.2) is 0 Å². The Morgan fingerprint density at radius 2 is 1.52 bits per heavy atom. The largest absolute Gasteiger partial charge is 0.416 e. The normalized spacial score (nSPS) is 14.0. The van der Waals surface area contributed by atoms with E-state index < -0.39 is 35.4 Å². The van der Waals surface area contributed by atoms with E-state index in [9.17, 15) is 31.1 Å². The monoisotopic (exact) mass is 314 g/mol. The fourth-order valence-electron chi connectivity index (χ4n) is 1.60. The minimum atomic E-state index is -4.90. The van der Waals surface area contributed by atoms with Crippen molar-refractivity contribution < 1.29 is 31.1 Å². The zero-order valence-corrected chi connectivity index (χ0v) is 10.8. The number of halogens is 6. The van der Waals surface area contributed by atoms with Crippen molar-refractivity contribution in [3.63, 3.8) is 0 Å². The number of nitrogens with two attached hydrogens (primary N) is 1. The zero-order valence-electron chi connectivity index (χ0n) is 10.8. The molecule has 3 nitrogen and oxygen atoms in total. The van der Waals surface area contributed by atoms with Gasteiger partial charge < -0.3 is 11.1 Å². The van der Waals surface area contributed by atoms with E-state index in [1.807, 2.05) is 0 Å². The predicted molar refractivity (Wildman–Crippen MR) is 62.1 cm³/mol. The minimum Gasteiger partial charge on any atom is -0.369 e. The molecule has 0 saturated carbocycles. The maximum Gasteiger partial charge on any atom is 0.416 e. The van der Waals surface area contributed by atoms with Crippen LogP contribution < -0.4 is 11.1 Å². The molecule has 1 aromatic carbocycles. The second-order valence-corrected chi connectivity index (χ2v) is 4.41. The molecule has 0 aliphatic carbocycles. The van der Waals surface area contributed by atoms with Crippen molar-refractivity contribution in [2.75, 3.05) is 6.54 Å². The molecule has 1 aromatic rings. The molecule has 1 amide bonds. The first-order valence-electron chi connectivity index (χ1n) is 5.72. The molecular formula is C12H12F6N2O. The summed E-state index contributed by atoms with van der Waals surface area (Å²) in [6.07, 6.45) is -9.81. The van der Waals surface area contributed by atoms with Crippen LogP contribution in [0.2, 0.25) is 0 Å². The zero-order chi connectivity index (χ0) is 16.4. The number of hydrogen-bond acceptors (Lipinski definition) is 2. The minimum absolute atomic E-state index is 0.0459. The van der Waals surface area contributed by atoms with Crippen molar-refractivity contribution in [3.05, 3.63) is 34.9 Å². The van der Waals surface area contributed by atoms with Gasteiger partial charge in [0.1, 0.15) is 0 Å². The molecule has 0 aromatic heterocycles. The number of carbonyl (C=O) groups is 1. The second-order valence-electron chi connectivity index (χ2n) is 4.41. The molecule has 0 spiro atoms. The molecule has 9 heteroatoms. The Morgan fingerprint density at radius 1 is 1.10 bits per heavy atom. The Morgan fingerprint density at radius 3 is 1.86 bits per heavy atom. The molecule has 118 valence electrons. The summed E-state index contributed by atoms with van der Waals surface area (Å²) < 4.78 is 75.9. The van der Waals surface area contributed by atoms with Crippen LogP contribution in [-0.4, -0.2) is 12.5 Å². The Hall–Kier alpha value is -1.77. The molecule has 3 N–H and O–H groups in total. The van der Waals surface area contributed by atoms with Crippen LogP contribution >= 0.6 is 0 Å². The summed E-state index contributed by atoms with van der Waals surface area (Å²) in [6, 6.07) is 0.354. The number of rotatable bonds is 4. The van der Waals surface area contributed by atoms with E-state index in [4.69, 9.17) is 5.73 Å². The van der Waals surface area contributed by atoms with Gasteiger partial charge in [0.15, 0.2) is 0 Å². The summed E-state index contributed by atoms with van der Waals surface area (Å²) in [6.45, 7) is 0.970. The molecule has 0 saturated heterocycles. The molecule has 0 aliphatic heterocycles. The first-order valence-corrected chi connectivity index (χ1v) is 5.72. The van der Waals surface area contributed by atoms with Gasteiger partial charge in [0.05, 0.1) is 17.7 Å². The van der Waals surface area contributed by atoms with Crippen LogP contribution in [0.3, 0.4) is 0 Å². The summed E-state index contributed by atoms with van der Waals surface area (Å²) >= 11 is 0. The SMILES string of the molecule is CC(NCC(N)=O)c1cc(C(F)(F)F)cc(C(F)(F)F)c1. The highest BCUT2D eigenvalue weighted by Crippen LogP contribution is 2.37. The van der Waals surface area contributed by atoms with Gasteiger partial charge in [-0.15, -0.1) is 0 Å². The quantitative estimate of drug-likeness (QED) is 0.840. The van der Waals surface area contributed by atoms with Gasteiger partial charge in [0, 0.05) is 6.04 Å². The van der Waals surface area contributed by atoms with Crippen molar-refractivity contribution in [1.82, 2.24) is 5.32 Å². The van der Waals surface area contributed by atoms with E-state index in [0.717, 1.165) is 0 Å². The lowest BCUT2D eigenvalue weighted by Gasteiger charge is -2.18. The van der Waals surface area contributed by atoms with Gasteiger partial charge in [-0.1, -0.05) is 0 Å². The van der Waals surface area contributed by atoms with Crippen molar-refractivity contribution in [2.24, 2.45) is 5.73 Å². The maximum absolute atomic E-state index is 12.7. The molecule has 1 unspecified atom stereocenters. The average molecular weight is 314 g/mol. The van der Waals surface area contributed by atoms with E-state index in [0.29, 0.717) is 12.1 Å². The van der Waals surface area contributed by atoms with Crippen LogP contribution in [0.25, 0.3) is 0 Å². The van der Waals surface area contributed by atoms with Crippen molar-refractivity contribution in [2.45, 2.75) is 25.3 Å². The van der Waals surface area contributed by atoms with Gasteiger partial charge in [0.25, 0.3) is 0 Å². The topological polar surface area (TPSA) is 55.1 Å². The van der Waals surface area contributed by atoms with Gasteiger partial charge in [-0.2, -0.15) is 26.3 Å². The van der Waals surface area contributed by atoms with E-state index in [1.54, 1.807) is 0 Å². The number of nitrogens with one attached hydrogen (secondary N) is 1. The Kier molecular flexibility index (Phi) is 4.87. The second kappa shape index (κ2) is 5.92. The van der Waals surface area contributed by atoms with Crippen LogP contribution in [-0.2, 0) is 17.1 Å².